The number of amides is 4. The number of rotatable bonds is 5. The first-order valence-corrected chi connectivity index (χ1v) is 11.2. The smallest absolute Gasteiger partial charge is 0.335 e. The number of barbiturate groups is 1. The predicted octanol–water partition coefficient (Wildman–Crippen LogP) is 6.00. The number of ether oxygens (including phenoxy) is 1. The molecule has 0 aromatic heterocycles. The van der Waals surface area contributed by atoms with Gasteiger partial charge in [-0.3, -0.25) is 14.9 Å². The van der Waals surface area contributed by atoms with Crippen LogP contribution in [0.4, 0.5) is 10.5 Å². The monoisotopic (exact) mass is 544 g/mol. The van der Waals surface area contributed by atoms with Crippen molar-refractivity contribution in [2.75, 3.05) is 4.90 Å². The summed E-state index contributed by atoms with van der Waals surface area (Å²) in [5.41, 5.74) is 1.58. The van der Waals surface area contributed by atoms with Crippen molar-refractivity contribution in [2.24, 2.45) is 0 Å². The molecule has 0 bridgehead atoms. The van der Waals surface area contributed by atoms with E-state index in [1.165, 1.54) is 6.08 Å². The van der Waals surface area contributed by atoms with Crippen molar-refractivity contribution in [1.29, 1.82) is 0 Å². The molecule has 0 spiro atoms. The van der Waals surface area contributed by atoms with E-state index in [0.29, 0.717) is 27.0 Å². The van der Waals surface area contributed by atoms with Gasteiger partial charge >= 0.3 is 6.03 Å². The van der Waals surface area contributed by atoms with Crippen molar-refractivity contribution in [2.45, 2.75) is 6.61 Å². The van der Waals surface area contributed by atoms with Crippen molar-refractivity contribution < 1.29 is 19.1 Å². The first kappa shape index (κ1) is 23.0. The molecular formula is C24H15BrCl2N2O4. The average molecular weight is 546 g/mol. The summed E-state index contributed by atoms with van der Waals surface area (Å²) in [4.78, 5) is 38.5. The molecular weight excluding hydrogens is 531 g/mol. The van der Waals surface area contributed by atoms with Crippen LogP contribution in [-0.4, -0.2) is 17.8 Å². The van der Waals surface area contributed by atoms with Crippen molar-refractivity contribution in [3.05, 3.63) is 97.9 Å². The first-order valence-electron chi connectivity index (χ1n) is 9.65. The molecule has 1 N–H and O–H groups in total. The van der Waals surface area contributed by atoms with Crippen LogP contribution in [0.2, 0.25) is 10.0 Å². The highest BCUT2D eigenvalue weighted by atomic mass is 79.9. The molecule has 0 saturated carbocycles. The van der Waals surface area contributed by atoms with Gasteiger partial charge < -0.3 is 4.74 Å². The number of nitrogens with one attached hydrogen (secondary N) is 1. The number of carbonyl (C=O) groups excluding carboxylic acids is 3. The molecule has 0 aliphatic carbocycles. The Morgan fingerprint density at radius 3 is 2.30 bits per heavy atom. The predicted molar refractivity (Wildman–Crippen MR) is 130 cm³/mol. The zero-order valence-corrected chi connectivity index (χ0v) is 19.9. The van der Waals surface area contributed by atoms with Crippen LogP contribution in [0.3, 0.4) is 0 Å². The third kappa shape index (κ3) is 5.27. The Bertz CT molecular complexity index is 1270. The molecule has 6 nitrogen and oxygen atoms in total. The van der Waals surface area contributed by atoms with E-state index >= 15 is 0 Å². The third-order valence-electron chi connectivity index (χ3n) is 4.79. The standard InChI is InChI=1S/C24H15BrCl2N2O4/c25-16-4-7-18(8-5-16)29-23(31)20(22(30)28-24(29)32)11-14-1-9-19(10-2-14)33-13-15-3-6-17(26)12-21(15)27/h1-12H,13H2,(H,28,30,32)/b20-11+. The second-order valence-electron chi connectivity index (χ2n) is 7.03. The molecule has 3 aromatic rings. The van der Waals surface area contributed by atoms with Crippen LogP contribution in [0.1, 0.15) is 11.1 Å². The molecule has 1 fully saturated rings. The van der Waals surface area contributed by atoms with Crippen LogP contribution in [0.5, 0.6) is 5.75 Å². The summed E-state index contributed by atoms with van der Waals surface area (Å²) in [6, 6.07) is 17.8. The highest BCUT2D eigenvalue weighted by Crippen LogP contribution is 2.25. The summed E-state index contributed by atoms with van der Waals surface area (Å²) >= 11 is 15.4. The topological polar surface area (TPSA) is 75.7 Å². The van der Waals surface area contributed by atoms with E-state index in [-0.39, 0.29) is 12.2 Å². The number of benzene rings is 3. The Hall–Kier alpha value is -3.13. The van der Waals surface area contributed by atoms with E-state index in [0.717, 1.165) is 14.9 Å². The van der Waals surface area contributed by atoms with Crippen molar-refractivity contribution >= 4 is 68.7 Å². The normalized spacial score (nSPS) is 15.1. The fraction of sp³-hybridized carbons (Fsp3) is 0.0417. The van der Waals surface area contributed by atoms with Gasteiger partial charge in [-0.05, 0) is 60.2 Å². The number of halogens is 3. The maximum atomic E-state index is 12.9. The average Bonchev–Trinajstić information content (AvgIpc) is 2.78. The zero-order valence-electron chi connectivity index (χ0n) is 16.8. The van der Waals surface area contributed by atoms with Crippen LogP contribution >= 0.6 is 39.1 Å². The number of hydrogen-bond donors (Lipinski definition) is 1. The lowest BCUT2D eigenvalue weighted by Crippen LogP contribution is -2.54. The lowest BCUT2D eigenvalue weighted by Gasteiger charge is -2.26. The maximum Gasteiger partial charge on any atom is 0.335 e. The molecule has 4 rings (SSSR count). The summed E-state index contributed by atoms with van der Waals surface area (Å²) in [5, 5.41) is 3.26. The van der Waals surface area contributed by atoms with Crippen LogP contribution in [0.25, 0.3) is 6.08 Å². The van der Waals surface area contributed by atoms with Gasteiger partial charge in [0.25, 0.3) is 11.8 Å². The minimum atomic E-state index is -0.797. The second-order valence-corrected chi connectivity index (χ2v) is 8.79. The van der Waals surface area contributed by atoms with Gasteiger partial charge in [-0.25, -0.2) is 9.69 Å². The molecule has 9 heteroatoms. The minimum Gasteiger partial charge on any atom is -0.489 e. The molecule has 1 aliphatic heterocycles. The Kier molecular flexibility index (Phi) is 6.83. The summed E-state index contributed by atoms with van der Waals surface area (Å²) in [5.74, 6) is -0.880. The Labute approximate surface area is 207 Å². The fourth-order valence-corrected chi connectivity index (χ4v) is 3.84. The van der Waals surface area contributed by atoms with E-state index in [1.54, 1.807) is 66.7 Å². The van der Waals surface area contributed by atoms with Crippen molar-refractivity contribution in [3.63, 3.8) is 0 Å². The quantitative estimate of drug-likeness (QED) is 0.315. The van der Waals surface area contributed by atoms with Crippen LogP contribution in [-0.2, 0) is 16.2 Å². The Morgan fingerprint density at radius 1 is 0.939 bits per heavy atom. The fourth-order valence-electron chi connectivity index (χ4n) is 3.11. The molecule has 0 unspecified atom stereocenters. The van der Waals surface area contributed by atoms with Crippen molar-refractivity contribution in [1.82, 2.24) is 5.32 Å². The Balaban J connectivity index is 1.51. The van der Waals surface area contributed by atoms with Gasteiger partial charge in [0.2, 0.25) is 0 Å². The lowest BCUT2D eigenvalue weighted by molar-refractivity contribution is -0.122. The molecule has 0 radical (unpaired) electrons. The van der Waals surface area contributed by atoms with Gasteiger partial charge in [-0.15, -0.1) is 0 Å². The highest BCUT2D eigenvalue weighted by Gasteiger charge is 2.36. The highest BCUT2D eigenvalue weighted by molar-refractivity contribution is 9.10. The summed E-state index contributed by atoms with van der Waals surface area (Å²) in [7, 11) is 0. The number of anilines is 1. The van der Waals surface area contributed by atoms with Crippen molar-refractivity contribution in [3.8, 4) is 5.75 Å². The second kappa shape index (κ2) is 9.79. The number of urea groups is 1. The number of carbonyl (C=O) groups is 3. The summed E-state index contributed by atoms with van der Waals surface area (Å²) in [6.45, 7) is 0.252. The van der Waals surface area contributed by atoms with E-state index in [2.05, 4.69) is 21.2 Å². The molecule has 1 heterocycles. The van der Waals surface area contributed by atoms with Gasteiger partial charge in [0, 0.05) is 20.1 Å². The molecule has 33 heavy (non-hydrogen) atoms. The van der Waals surface area contributed by atoms with E-state index in [9.17, 15) is 14.4 Å². The molecule has 0 atom stereocenters. The zero-order chi connectivity index (χ0) is 23.5. The largest absolute Gasteiger partial charge is 0.489 e. The van der Waals surface area contributed by atoms with Gasteiger partial charge in [-0.2, -0.15) is 0 Å². The van der Waals surface area contributed by atoms with Gasteiger partial charge in [-0.1, -0.05) is 57.3 Å². The van der Waals surface area contributed by atoms with Gasteiger partial charge in [0.15, 0.2) is 0 Å². The Morgan fingerprint density at radius 2 is 1.64 bits per heavy atom. The van der Waals surface area contributed by atoms with Crippen LogP contribution in [0, 0.1) is 0 Å². The van der Waals surface area contributed by atoms with E-state index < -0.39 is 17.8 Å². The van der Waals surface area contributed by atoms with E-state index in [1.807, 2.05) is 0 Å². The first-order chi connectivity index (χ1) is 15.8. The molecule has 1 saturated heterocycles. The number of imide groups is 2. The SMILES string of the molecule is O=C1NC(=O)N(c2ccc(Br)cc2)C(=O)/C1=C/c1ccc(OCc2ccc(Cl)cc2Cl)cc1. The molecule has 1 aliphatic rings. The molecule has 4 amide bonds. The maximum absolute atomic E-state index is 12.9. The lowest BCUT2D eigenvalue weighted by atomic mass is 10.1. The summed E-state index contributed by atoms with van der Waals surface area (Å²) < 4.78 is 6.54. The van der Waals surface area contributed by atoms with Gasteiger partial charge in [0.1, 0.15) is 17.9 Å². The number of nitrogens with zero attached hydrogens (tertiary/aromatic N) is 1. The third-order valence-corrected chi connectivity index (χ3v) is 5.90. The molecule has 3 aromatic carbocycles. The van der Waals surface area contributed by atoms with Crippen LogP contribution in [0.15, 0.2) is 76.8 Å². The van der Waals surface area contributed by atoms with Crippen LogP contribution < -0.4 is 15.0 Å². The minimum absolute atomic E-state index is 0.154. The summed E-state index contributed by atoms with van der Waals surface area (Å²) in [6.07, 6.45) is 1.43. The van der Waals surface area contributed by atoms with E-state index in [4.69, 9.17) is 27.9 Å². The number of hydrogen-bond acceptors (Lipinski definition) is 4. The van der Waals surface area contributed by atoms with Gasteiger partial charge in [0.05, 0.1) is 5.69 Å². The molecule has 166 valence electrons.